The lowest BCUT2D eigenvalue weighted by Crippen LogP contribution is -2.35. The third kappa shape index (κ3) is 4.20. The fraction of sp³-hybridized carbons (Fsp3) is 0.211. The van der Waals surface area contributed by atoms with Gasteiger partial charge >= 0.3 is 5.97 Å². The first-order chi connectivity index (χ1) is 13.0. The average Bonchev–Trinajstić information content (AvgIpc) is 3.28. The van der Waals surface area contributed by atoms with Gasteiger partial charge in [-0.05, 0) is 38.1 Å². The van der Waals surface area contributed by atoms with E-state index in [1.165, 1.54) is 17.9 Å². The van der Waals surface area contributed by atoms with Gasteiger partial charge in [-0.3, -0.25) is 4.79 Å². The molecular formula is C19H18ClN3O4. The summed E-state index contributed by atoms with van der Waals surface area (Å²) in [4.78, 5) is 24.6. The molecule has 3 aromatic rings. The molecule has 1 aromatic carbocycles. The molecule has 1 N–H and O–H groups in total. The monoisotopic (exact) mass is 387 g/mol. The van der Waals surface area contributed by atoms with E-state index in [4.69, 9.17) is 20.8 Å². The van der Waals surface area contributed by atoms with E-state index >= 15 is 0 Å². The summed E-state index contributed by atoms with van der Waals surface area (Å²) in [5, 5.41) is 7.06. The van der Waals surface area contributed by atoms with E-state index in [1.54, 1.807) is 19.1 Å². The van der Waals surface area contributed by atoms with Crippen LogP contribution in [0.2, 0.25) is 5.15 Å². The minimum atomic E-state index is -0.997. The van der Waals surface area contributed by atoms with Crippen LogP contribution in [0.4, 0.5) is 0 Å². The van der Waals surface area contributed by atoms with Crippen LogP contribution in [0.15, 0.2) is 53.1 Å². The number of aryl methyl sites for hydroxylation is 1. The number of amides is 1. The highest BCUT2D eigenvalue weighted by Crippen LogP contribution is 2.24. The van der Waals surface area contributed by atoms with Crippen molar-refractivity contribution in [2.45, 2.75) is 26.5 Å². The fourth-order valence-corrected chi connectivity index (χ4v) is 2.82. The van der Waals surface area contributed by atoms with Crippen LogP contribution >= 0.6 is 11.6 Å². The molecule has 7 nitrogen and oxygen atoms in total. The molecule has 27 heavy (non-hydrogen) atoms. The predicted molar refractivity (Wildman–Crippen MR) is 98.7 cm³/mol. The zero-order chi connectivity index (χ0) is 19.4. The number of para-hydroxylation sites is 1. The van der Waals surface area contributed by atoms with Gasteiger partial charge in [0.2, 0.25) is 0 Å². The van der Waals surface area contributed by atoms with Crippen LogP contribution in [0.1, 0.15) is 28.7 Å². The Kier molecular flexibility index (Phi) is 5.61. The fourth-order valence-electron chi connectivity index (χ4n) is 2.48. The number of esters is 1. The Balaban J connectivity index is 1.68. The SMILES string of the molecule is Cc1nn(-c2ccccc2)c(Cl)c1C(=O)O[C@@H](C)C(=O)NCc1ccco1. The lowest BCUT2D eigenvalue weighted by atomic mass is 10.2. The van der Waals surface area contributed by atoms with Crippen molar-refractivity contribution in [3.8, 4) is 5.69 Å². The third-order valence-corrected chi connectivity index (χ3v) is 4.23. The summed E-state index contributed by atoms with van der Waals surface area (Å²) >= 11 is 6.34. The lowest BCUT2D eigenvalue weighted by Gasteiger charge is -2.13. The lowest BCUT2D eigenvalue weighted by molar-refractivity contribution is -0.129. The van der Waals surface area contributed by atoms with Crippen LogP contribution in [-0.4, -0.2) is 27.8 Å². The Bertz CT molecular complexity index is 936. The summed E-state index contributed by atoms with van der Waals surface area (Å²) in [7, 11) is 0. The maximum absolute atomic E-state index is 12.5. The maximum Gasteiger partial charge on any atom is 0.344 e. The van der Waals surface area contributed by atoms with Crippen molar-refractivity contribution in [3.63, 3.8) is 0 Å². The van der Waals surface area contributed by atoms with E-state index in [2.05, 4.69) is 10.4 Å². The molecule has 2 heterocycles. The molecular weight excluding hydrogens is 370 g/mol. The Hall–Kier alpha value is -3.06. The molecule has 0 aliphatic heterocycles. The molecule has 140 valence electrons. The Morgan fingerprint density at radius 1 is 1.26 bits per heavy atom. The topological polar surface area (TPSA) is 86.4 Å². The van der Waals surface area contributed by atoms with Gasteiger partial charge in [-0.2, -0.15) is 5.10 Å². The number of hydrogen-bond donors (Lipinski definition) is 1. The van der Waals surface area contributed by atoms with Crippen LogP contribution < -0.4 is 5.32 Å². The maximum atomic E-state index is 12.5. The van der Waals surface area contributed by atoms with Gasteiger partial charge < -0.3 is 14.5 Å². The number of ether oxygens (including phenoxy) is 1. The average molecular weight is 388 g/mol. The van der Waals surface area contributed by atoms with Gasteiger partial charge in [-0.25, -0.2) is 9.48 Å². The zero-order valence-corrected chi connectivity index (χ0v) is 15.6. The number of benzene rings is 1. The van der Waals surface area contributed by atoms with Gasteiger partial charge in [-0.15, -0.1) is 0 Å². The minimum Gasteiger partial charge on any atom is -0.467 e. The Morgan fingerprint density at radius 2 is 2.00 bits per heavy atom. The van der Waals surface area contributed by atoms with E-state index in [-0.39, 0.29) is 17.3 Å². The van der Waals surface area contributed by atoms with E-state index in [1.807, 2.05) is 30.3 Å². The van der Waals surface area contributed by atoms with Crippen molar-refractivity contribution >= 4 is 23.5 Å². The van der Waals surface area contributed by atoms with Crippen molar-refractivity contribution in [2.75, 3.05) is 0 Å². The molecule has 3 rings (SSSR count). The number of hydrogen-bond acceptors (Lipinski definition) is 5. The van der Waals surface area contributed by atoms with Gasteiger partial charge in [0.1, 0.15) is 16.5 Å². The first-order valence-electron chi connectivity index (χ1n) is 8.29. The number of rotatable bonds is 6. The molecule has 1 amide bonds. The first-order valence-corrected chi connectivity index (χ1v) is 8.66. The van der Waals surface area contributed by atoms with Gasteiger partial charge in [-0.1, -0.05) is 29.8 Å². The number of carbonyl (C=O) groups excluding carboxylic acids is 2. The molecule has 1 atom stereocenters. The highest BCUT2D eigenvalue weighted by atomic mass is 35.5. The summed E-state index contributed by atoms with van der Waals surface area (Å²) in [5.74, 6) is -0.547. The summed E-state index contributed by atoms with van der Waals surface area (Å²) in [5.41, 5.74) is 1.26. The number of aromatic nitrogens is 2. The predicted octanol–water partition coefficient (Wildman–Crippen LogP) is 3.29. The van der Waals surface area contributed by atoms with Crippen LogP contribution in [0, 0.1) is 6.92 Å². The van der Waals surface area contributed by atoms with Crippen molar-refractivity contribution in [1.29, 1.82) is 0 Å². The number of furan rings is 1. The molecule has 8 heteroatoms. The van der Waals surface area contributed by atoms with E-state index in [0.717, 1.165) is 0 Å². The second-order valence-corrected chi connectivity index (χ2v) is 6.20. The first kappa shape index (κ1) is 18.7. The molecule has 0 aliphatic rings. The molecule has 0 radical (unpaired) electrons. The van der Waals surface area contributed by atoms with Gasteiger partial charge in [0.25, 0.3) is 5.91 Å². The number of nitrogens with one attached hydrogen (secondary N) is 1. The molecule has 0 aliphatic carbocycles. The molecule has 0 saturated heterocycles. The zero-order valence-electron chi connectivity index (χ0n) is 14.8. The minimum absolute atomic E-state index is 0.131. The molecule has 0 saturated carbocycles. The number of nitrogens with zero attached hydrogens (tertiary/aromatic N) is 2. The highest BCUT2D eigenvalue weighted by Gasteiger charge is 2.26. The van der Waals surface area contributed by atoms with Crippen LogP contribution in [0.3, 0.4) is 0 Å². The smallest absolute Gasteiger partial charge is 0.344 e. The Labute approximate surface area is 160 Å². The summed E-state index contributed by atoms with van der Waals surface area (Å²) in [6.45, 7) is 3.35. The van der Waals surface area contributed by atoms with Crippen LogP contribution in [0.5, 0.6) is 0 Å². The van der Waals surface area contributed by atoms with E-state index < -0.39 is 18.0 Å². The summed E-state index contributed by atoms with van der Waals surface area (Å²) < 4.78 is 11.9. The second kappa shape index (κ2) is 8.09. The van der Waals surface area contributed by atoms with Crippen molar-refractivity contribution in [2.24, 2.45) is 0 Å². The quantitative estimate of drug-likeness (QED) is 0.656. The Morgan fingerprint density at radius 3 is 2.67 bits per heavy atom. The summed E-state index contributed by atoms with van der Waals surface area (Å²) in [6, 6.07) is 12.6. The van der Waals surface area contributed by atoms with Crippen molar-refractivity contribution in [3.05, 3.63) is 70.9 Å². The summed E-state index contributed by atoms with van der Waals surface area (Å²) in [6.07, 6.45) is 0.517. The second-order valence-electron chi connectivity index (χ2n) is 5.84. The van der Waals surface area contributed by atoms with Crippen LogP contribution in [-0.2, 0) is 16.1 Å². The molecule has 0 bridgehead atoms. The molecule has 0 unspecified atom stereocenters. The number of halogens is 1. The normalized spacial score (nSPS) is 11.8. The van der Waals surface area contributed by atoms with Gasteiger partial charge in [0.05, 0.1) is 24.2 Å². The van der Waals surface area contributed by atoms with E-state index in [0.29, 0.717) is 17.1 Å². The van der Waals surface area contributed by atoms with E-state index in [9.17, 15) is 9.59 Å². The molecule has 0 spiro atoms. The van der Waals surface area contributed by atoms with Gasteiger partial charge in [0.15, 0.2) is 6.10 Å². The number of carbonyl (C=O) groups is 2. The standard InChI is InChI=1S/C19H18ClN3O4/c1-12-16(17(20)23(22-12)14-7-4-3-5-8-14)19(25)27-13(2)18(24)21-11-15-9-6-10-26-15/h3-10,13H,11H2,1-2H3,(H,21,24)/t13-/m0/s1. The third-order valence-electron chi connectivity index (χ3n) is 3.88. The van der Waals surface area contributed by atoms with Crippen molar-refractivity contribution in [1.82, 2.24) is 15.1 Å². The van der Waals surface area contributed by atoms with Gasteiger partial charge in [0, 0.05) is 0 Å². The van der Waals surface area contributed by atoms with Crippen LogP contribution in [0.25, 0.3) is 5.69 Å². The van der Waals surface area contributed by atoms with Crippen molar-refractivity contribution < 1.29 is 18.7 Å². The molecule has 2 aromatic heterocycles. The largest absolute Gasteiger partial charge is 0.467 e. The highest BCUT2D eigenvalue weighted by molar-refractivity contribution is 6.33. The molecule has 0 fully saturated rings.